The van der Waals surface area contributed by atoms with Gasteiger partial charge >= 0.3 is 5.97 Å². The summed E-state index contributed by atoms with van der Waals surface area (Å²) in [6, 6.07) is 16.7. The number of Topliss-reactive ketones (excluding diaryl/α,β-unsaturated/α-hetero) is 1. The van der Waals surface area contributed by atoms with E-state index < -0.39 is 21.6 Å². The van der Waals surface area contributed by atoms with Gasteiger partial charge in [-0.05, 0) is 43.3 Å². The fourth-order valence-corrected chi connectivity index (χ4v) is 3.80. The van der Waals surface area contributed by atoms with Crippen LogP contribution in [0.2, 0.25) is 0 Å². The third kappa shape index (κ3) is 5.70. The van der Waals surface area contributed by atoms with Gasteiger partial charge in [-0.25, -0.2) is 4.79 Å². The predicted octanol–water partition coefficient (Wildman–Crippen LogP) is 5.11. The Hall–Kier alpha value is -4.38. The topological polar surface area (TPSA) is 142 Å². The molecule has 0 aliphatic rings. The van der Waals surface area contributed by atoms with Crippen LogP contribution < -0.4 is 0 Å². The minimum absolute atomic E-state index is 0.0127. The molecule has 3 aromatic carbocycles. The molecular weight excluding hydrogens is 462 g/mol. The van der Waals surface area contributed by atoms with Crippen LogP contribution in [0.5, 0.6) is 0 Å². The molecule has 0 amide bonds. The van der Waals surface area contributed by atoms with Gasteiger partial charge < -0.3 is 4.84 Å². The lowest BCUT2D eigenvalue weighted by molar-refractivity contribution is -0.385. The third-order valence-electron chi connectivity index (χ3n) is 4.64. The van der Waals surface area contributed by atoms with Gasteiger partial charge in [0.25, 0.3) is 11.4 Å². The Kier molecular flexibility index (Phi) is 7.49. The first kappa shape index (κ1) is 24.3. The molecule has 0 unspecified atom stereocenters. The molecule has 0 fully saturated rings. The molecule has 0 saturated carbocycles. The van der Waals surface area contributed by atoms with Crippen LogP contribution in [0.4, 0.5) is 11.4 Å². The molecule has 10 nitrogen and oxygen atoms in total. The van der Waals surface area contributed by atoms with Crippen molar-refractivity contribution in [1.82, 2.24) is 0 Å². The highest BCUT2D eigenvalue weighted by Gasteiger charge is 2.24. The van der Waals surface area contributed by atoms with Gasteiger partial charge in [0.05, 0.1) is 9.85 Å². The number of carbonyl (C=O) groups excluding carboxylic acids is 2. The number of nitro groups is 2. The monoisotopic (exact) mass is 479 g/mol. The molecule has 0 atom stereocenters. The van der Waals surface area contributed by atoms with Gasteiger partial charge in [-0.3, -0.25) is 25.0 Å². The molecule has 3 aromatic rings. The largest absolute Gasteiger partial charge is 0.332 e. The van der Waals surface area contributed by atoms with Crippen molar-refractivity contribution in [3.63, 3.8) is 0 Å². The van der Waals surface area contributed by atoms with E-state index in [4.69, 9.17) is 4.84 Å². The zero-order chi connectivity index (χ0) is 24.8. The highest BCUT2D eigenvalue weighted by Crippen LogP contribution is 2.30. The molecule has 0 N–H and O–H groups in total. The summed E-state index contributed by atoms with van der Waals surface area (Å²) in [4.78, 5) is 51.8. The van der Waals surface area contributed by atoms with Crippen molar-refractivity contribution < 1.29 is 24.3 Å². The number of hydrogen-bond acceptors (Lipinski definition) is 9. The van der Waals surface area contributed by atoms with Crippen molar-refractivity contribution in [2.45, 2.75) is 23.6 Å². The molecule has 34 heavy (non-hydrogen) atoms. The normalized spacial score (nSPS) is 11.1. The van der Waals surface area contributed by atoms with Gasteiger partial charge in [0.15, 0.2) is 5.71 Å². The zero-order valence-corrected chi connectivity index (χ0v) is 18.8. The van der Waals surface area contributed by atoms with Gasteiger partial charge in [0.2, 0.25) is 5.78 Å². The summed E-state index contributed by atoms with van der Waals surface area (Å²) in [5.74, 6) is -1.33. The summed E-state index contributed by atoms with van der Waals surface area (Å²) < 4.78 is 0. The number of oxime groups is 1. The summed E-state index contributed by atoms with van der Waals surface area (Å²) >= 11 is 1.35. The van der Waals surface area contributed by atoms with Crippen LogP contribution in [-0.2, 0) is 9.63 Å². The number of nitro benzene ring substituents is 2. The van der Waals surface area contributed by atoms with E-state index in [2.05, 4.69) is 5.16 Å². The second-order valence-corrected chi connectivity index (χ2v) is 8.08. The molecule has 0 radical (unpaired) electrons. The van der Waals surface area contributed by atoms with Gasteiger partial charge in [0, 0.05) is 51.6 Å². The lowest BCUT2D eigenvalue weighted by Gasteiger charge is -2.09. The summed E-state index contributed by atoms with van der Waals surface area (Å²) in [6.45, 7) is 2.60. The van der Waals surface area contributed by atoms with Crippen molar-refractivity contribution in [3.8, 4) is 0 Å². The quantitative estimate of drug-likeness (QED) is 0.143. The minimum Gasteiger partial charge on any atom is -0.318 e. The maximum atomic E-state index is 13.2. The number of rotatable bonds is 8. The number of ketones is 1. The SMILES string of the molecule is CC(=O)O/N=C(\C(=O)c1ccc(Sc2ccc([N+](=O)[O-])cc2)cc1)c1cccc([N+](=O)[O-])c1C. The Morgan fingerprint density at radius 2 is 1.47 bits per heavy atom. The van der Waals surface area contributed by atoms with E-state index in [9.17, 15) is 29.8 Å². The smallest absolute Gasteiger partial charge is 0.318 e. The van der Waals surface area contributed by atoms with E-state index in [1.807, 2.05) is 0 Å². The van der Waals surface area contributed by atoms with Crippen molar-refractivity contribution in [3.05, 3.63) is 104 Å². The first-order valence-corrected chi connectivity index (χ1v) is 10.6. The third-order valence-corrected chi connectivity index (χ3v) is 5.65. The van der Waals surface area contributed by atoms with Crippen LogP contribution in [0, 0.1) is 27.2 Å². The summed E-state index contributed by atoms with van der Waals surface area (Å²) in [5.41, 5.74) is 0.149. The lowest BCUT2D eigenvalue weighted by atomic mass is 9.96. The van der Waals surface area contributed by atoms with Gasteiger partial charge in [-0.1, -0.05) is 29.1 Å². The van der Waals surface area contributed by atoms with Crippen molar-refractivity contribution >= 4 is 40.6 Å². The van der Waals surface area contributed by atoms with Crippen molar-refractivity contribution in [2.24, 2.45) is 5.16 Å². The first-order valence-electron chi connectivity index (χ1n) is 9.74. The Morgan fingerprint density at radius 1 is 0.882 bits per heavy atom. The molecular formula is C23H17N3O7S. The Morgan fingerprint density at radius 3 is 2.00 bits per heavy atom. The van der Waals surface area contributed by atoms with Crippen LogP contribution in [0.3, 0.4) is 0 Å². The van der Waals surface area contributed by atoms with E-state index in [-0.39, 0.29) is 33.8 Å². The second kappa shape index (κ2) is 10.5. The van der Waals surface area contributed by atoms with Crippen LogP contribution in [0.1, 0.15) is 28.4 Å². The van der Waals surface area contributed by atoms with Crippen LogP contribution >= 0.6 is 11.8 Å². The fraction of sp³-hybridized carbons (Fsp3) is 0.0870. The molecule has 0 aliphatic carbocycles. The maximum Gasteiger partial charge on any atom is 0.332 e. The fourth-order valence-electron chi connectivity index (χ4n) is 2.98. The summed E-state index contributed by atoms with van der Waals surface area (Å²) in [7, 11) is 0. The molecule has 0 aliphatic heterocycles. The molecule has 172 valence electrons. The molecule has 0 bridgehead atoms. The average molecular weight is 479 g/mol. The molecule has 0 saturated heterocycles. The molecule has 0 spiro atoms. The van der Waals surface area contributed by atoms with Crippen LogP contribution in [0.15, 0.2) is 81.7 Å². The van der Waals surface area contributed by atoms with E-state index in [1.54, 1.807) is 36.4 Å². The molecule has 11 heteroatoms. The van der Waals surface area contributed by atoms with Crippen LogP contribution in [0.25, 0.3) is 0 Å². The highest BCUT2D eigenvalue weighted by molar-refractivity contribution is 7.99. The number of carbonyl (C=O) groups is 2. The average Bonchev–Trinajstić information content (AvgIpc) is 2.80. The predicted molar refractivity (Wildman–Crippen MR) is 124 cm³/mol. The maximum absolute atomic E-state index is 13.2. The van der Waals surface area contributed by atoms with Gasteiger partial charge in [-0.2, -0.15) is 0 Å². The number of hydrogen-bond donors (Lipinski definition) is 0. The lowest BCUT2D eigenvalue weighted by Crippen LogP contribution is -2.18. The van der Waals surface area contributed by atoms with Crippen molar-refractivity contribution in [2.75, 3.05) is 0 Å². The number of benzene rings is 3. The van der Waals surface area contributed by atoms with Crippen LogP contribution in [-0.4, -0.2) is 27.3 Å². The second-order valence-electron chi connectivity index (χ2n) is 6.94. The van der Waals surface area contributed by atoms with Gasteiger partial charge in [0.1, 0.15) is 0 Å². The number of nitrogens with zero attached hydrogens (tertiary/aromatic N) is 3. The Labute approximate surface area is 197 Å². The highest BCUT2D eigenvalue weighted by atomic mass is 32.2. The molecule has 0 aromatic heterocycles. The Bertz CT molecular complexity index is 1300. The van der Waals surface area contributed by atoms with Gasteiger partial charge in [-0.15, -0.1) is 0 Å². The standard InChI is InChI=1S/C23H17N3O7S/c1-14-20(4-3-5-21(14)26(31)32)22(24-33-15(2)27)23(28)16-6-10-18(11-7-16)34-19-12-8-17(9-13-19)25(29)30/h3-13H,1-2H3/b24-22-. The van der Waals surface area contributed by atoms with E-state index in [0.717, 1.165) is 16.7 Å². The summed E-state index contributed by atoms with van der Waals surface area (Å²) in [6.07, 6.45) is 0. The molecule has 3 rings (SSSR count). The zero-order valence-electron chi connectivity index (χ0n) is 18.0. The Balaban J connectivity index is 1.89. The van der Waals surface area contributed by atoms with E-state index in [1.165, 1.54) is 49.0 Å². The summed E-state index contributed by atoms with van der Waals surface area (Å²) in [5, 5.41) is 25.8. The molecule has 0 heterocycles. The van der Waals surface area contributed by atoms with E-state index >= 15 is 0 Å². The van der Waals surface area contributed by atoms with E-state index in [0.29, 0.717) is 0 Å². The van der Waals surface area contributed by atoms with Crippen molar-refractivity contribution in [1.29, 1.82) is 0 Å². The number of non-ortho nitro benzene ring substituents is 1. The minimum atomic E-state index is -0.747. The first-order chi connectivity index (χ1) is 16.2.